The van der Waals surface area contributed by atoms with E-state index in [1.165, 1.54) is 0 Å². The fourth-order valence-electron chi connectivity index (χ4n) is 2.63. The first-order valence-corrected chi connectivity index (χ1v) is 15.0. The summed E-state index contributed by atoms with van der Waals surface area (Å²) in [5.74, 6) is 0. The monoisotopic (exact) mass is 590 g/mol. The van der Waals surface area contributed by atoms with Crippen LogP contribution in [0, 0.1) is 0 Å². The number of aliphatic hydroxyl groups is 4. The Bertz CT molecular complexity index is 863. The van der Waals surface area contributed by atoms with Crippen LogP contribution in [0.4, 0.5) is 0 Å². The van der Waals surface area contributed by atoms with Gasteiger partial charge in [-0.2, -0.15) is 12.9 Å². The molecule has 2 rings (SSSR count). The van der Waals surface area contributed by atoms with E-state index in [-0.39, 0.29) is 0 Å². The molecule has 0 bridgehead atoms. The van der Waals surface area contributed by atoms with Crippen molar-refractivity contribution in [3.05, 3.63) is 0 Å². The number of rotatable bonds is 12. The maximum Gasteiger partial charge on any atom is 0.490 e. The summed E-state index contributed by atoms with van der Waals surface area (Å²) in [5, 5.41) is 38.1. The molecule has 7 unspecified atom stereocenters. The minimum Gasteiger partial charge on any atom is -0.388 e. The Kier molecular flexibility index (Phi) is 10.6. The molecule has 2 fully saturated rings. The Morgan fingerprint density at radius 1 is 0.571 bits per heavy atom. The van der Waals surface area contributed by atoms with Gasteiger partial charge in [0.15, 0.2) is 0 Å². The van der Waals surface area contributed by atoms with Gasteiger partial charge in [0.05, 0.1) is 25.4 Å². The Morgan fingerprint density at radius 2 is 0.857 bits per heavy atom. The van der Waals surface area contributed by atoms with Crippen molar-refractivity contribution in [2.24, 2.45) is 0 Å². The zero-order valence-electron chi connectivity index (χ0n) is 17.0. The first kappa shape index (κ1) is 31.7. The van der Waals surface area contributed by atoms with E-state index in [4.69, 9.17) is 25.2 Å². The normalized spacial score (nSPS) is 40.5. The molecule has 2 aliphatic heterocycles. The molecule has 35 heavy (non-hydrogen) atoms. The van der Waals surface area contributed by atoms with Crippen LogP contribution in [0.1, 0.15) is 0 Å². The molecule has 19 nitrogen and oxygen atoms in total. The topological polar surface area (TPSA) is 295 Å². The van der Waals surface area contributed by atoms with Crippen molar-refractivity contribution in [1.82, 2.24) is 0 Å². The summed E-state index contributed by atoms with van der Waals surface area (Å²) < 4.78 is 76.5. The van der Waals surface area contributed by atoms with Crippen LogP contribution in [0.3, 0.4) is 0 Å². The van der Waals surface area contributed by atoms with Crippen LogP contribution in [0.15, 0.2) is 0 Å². The predicted octanol–water partition coefficient (Wildman–Crippen LogP) is -3.30. The summed E-state index contributed by atoms with van der Waals surface area (Å²) in [4.78, 5) is 37.9. The van der Waals surface area contributed by atoms with E-state index in [2.05, 4.69) is 22.0 Å². The van der Waals surface area contributed by atoms with Gasteiger partial charge in [0.2, 0.25) is 0 Å². The Balaban J connectivity index is 1.89. The molecule has 0 aromatic rings. The average molecular weight is 590 g/mol. The Hall–Kier alpha value is 0.450. The zero-order valence-corrected chi connectivity index (χ0v) is 20.6. The molecule has 0 amide bonds. The van der Waals surface area contributed by atoms with Gasteiger partial charge in [0, 0.05) is 12.0 Å². The number of ether oxygens (including phenoxy) is 2. The van der Waals surface area contributed by atoms with E-state index < -0.39 is 93.1 Å². The highest BCUT2D eigenvalue weighted by atomic mass is 31.3. The largest absolute Gasteiger partial charge is 0.490 e. The third-order valence-electron chi connectivity index (χ3n) is 4.22. The maximum atomic E-state index is 11.8. The molecular formula is C10H20B2O19P4. The standard InChI is InChI=1S/C10H20B2O19P4/c11-9-7(15)5(13)3(27-9)1-25-32(17,18)29-34(21,22)31-35(23,24)30-33(19,20)26-2-4-6(14)8(16)10(12)28-4/h3-10,13-16H,1-2H2,(H,17,18)(H,19,20)(H,21,22)(H,23,24)/t3-,4-,5?,6?,7+,8?,9-,10-/m1/s1. The first-order chi connectivity index (χ1) is 15.7. The number of hydrogen-bond acceptors (Lipinski definition) is 15. The zero-order chi connectivity index (χ0) is 27.0. The van der Waals surface area contributed by atoms with E-state index in [9.17, 15) is 58.3 Å². The van der Waals surface area contributed by atoms with E-state index in [0.717, 1.165) is 0 Å². The van der Waals surface area contributed by atoms with Crippen LogP contribution in [-0.4, -0.2) is 118 Å². The third kappa shape index (κ3) is 9.30. The third-order valence-corrected chi connectivity index (χ3v) is 10.1. The minimum atomic E-state index is -6.04. The van der Waals surface area contributed by atoms with Gasteiger partial charge in [0.1, 0.15) is 40.1 Å². The second kappa shape index (κ2) is 11.7. The fourth-order valence-corrected chi connectivity index (χ4v) is 7.59. The molecule has 8 N–H and O–H groups in total. The van der Waals surface area contributed by atoms with E-state index in [1.54, 1.807) is 0 Å². The second-order valence-corrected chi connectivity index (χ2v) is 13.2. The number of hydrogen-bond donors (Lipinski definition) is 8. The highest BCUT2D eigenvalue weighted by Gasteiger charge is 2.48. The highest BCUT2D eigenvalue weighted by Crippen LogP contribution is 2.71. The molecule has 0 saturated carbocycles. The van der Waals surface area contributed by atoms with Gasteiger partial charge in [-0.25, -0.2) is 18.3 Å². The quantitative estimate of drug-likeness (QED) is 0.0816. The fraction of sp³-hybridized carbons (Fsp3) is 1.00. The summed E-state index contributed by atoms with van der Waals surface area (Å²) in [6, 6.07) is -2.77. The van der Waals surface area contributed by atoms with Crippen LogP contribution >= 0.6 is 31.3 Å². The highest BCUT2D eigenvalue weighted by molar-refractivity contribution is 7.69. The molecule has 0 aliphatic carbocycles. The summed E-state index contributed by atoms with van der Waals surface area (Å²) in [5.41, 5.74) is 0. The Labute approximate surface area is 199 Å². The molecule has 25 heteroatoms. The van der Waals surface area contributed by atoms with Crippen molar-refractivity contribution < 1.29 is 89.7 Å². The van der Waals surface area contributed by atoms with Crippen molar-refractivity contribution in [3.63, 3.8) is 0 Å². The van der Waals surface area contributed by atoms with Gasteiger partial charge >= 0.3 is 31.3 Å². The lowest BCUT2D eigenvalue weighted by Crippen LogP contribution is -2.34. The van der Waals surface area contributed by atoms with Crippen LogP contribution in [0.5, 0.6) is 0 Å². The number of phosphoric ester groups is 2. The van der Waals surface area contributed by atoms with Crippen LogP contribution in [-0.2, 0) is 49.7 Å². The molecule has 4 radical (unpaired) electrons. The number of aliphatic hydroxyl groups excluding tert-OH is 4. The maximum absolute atomic E-state index is 11.8. The van der Waals surface area contributed by atoms with E-state index in [1.807, 2.05) is 0 Å². The van der Waals surface area contributed by atoms with Crippen molar-refractivity contribution in [1.29, 1.82) is 0 Å². The minimum absolute atomic E-state index is 1.03. The molecule has 0 aromatic heterocycles. The molecule has 0 spiro atoms. The van der Waals surface area contributed by atoms with Crippen molar-refractivity contribution in [3.8, 4) is 0 Å². The Morgan fingerprint density at radius 3 is 1.11 bits per heavy atom. The molecule has 2 heterocycles. The molecule has 12 atom stereocenters. The van der Waals surface area contributed by atoms with E-state index in [0.29, 0.717) is 0 Å². The predicted molar refractivity (Wildman–Crippen MR) is 107 cm³/mol. The SMILES string of the molecule is [B][C@@H]1O[C@H](COP(=O)(O)OP(=O)(O)OP(=O)(O)OP(=O)(O)OC[C@H]2O[C@@H]([B])[C@@H](O)C2O)C(O)C1O. The smallest absolute Gasteiger partial charge is 0.388 e. The lowest BCUT2D eigenvalue weighted by molar-refractivity contribution is -0.00909. The summed E-state index contributed by atoms with van der Waals surface area (Å²) in [6.45, 7) is -2.06. The van der Waals surface area contributed by atoms with Gasteiger partial charge in [-0.15, -0.1) is 0 Å². The van der Waals surface area contributed by atoms with Gasteiger partial charge in [-0.1, -0.05) is 0 Å². The first-order valence-electron chi connectivity index (χ1n) is 9.03. The van der Waals surface area contributed by atoms with Crippen molar-refractivity contribution in [2.45, 2.75) is 48.6 Å². The van der Waals surface area contributed by atoms with Crippen molar-refractivity contribution >= 4 is 47.0 Å². The molecule has 2 aliphatic rings. The molecular weight excluding hydrogens is 570 g/mol. The van der Waals surface area contributed by atoms with Crippen LogP contribution < -0.4 is 0 Å². The molecule has 200 valence electrons. The molecule has 2 saturated heterocycles. The molecule has 0 aromatic carbocycles. The summed E-state index contributed by atoms with van der Waals surface area (Å²) in [6.07, 6.45) is -9.50. The summed E-state index contributed by atoms with van der Waals surface area (Å²) in [7, 11) is -12.7. The van der Waals surface area contributed by atoms with Crippen molar-refractivity contribution in [2.75, 3.05) is 13.2 Å². The van der Waals surface area contributed by atoms with Crippen LogP contribution in [0.25, 0.3) is 0 Å². The number of phosphoric acid groups is 4. The lowest BCUT2D eigenvalue weighted by Gasteiger charge is -2.21. The van der Waals surface area contributed by atoms with E-state index >= 15 is 0 Å². The van der Waals surface area contributed by atoms with Gasteiger partial charge in [0.25, 0.3) is 0 Å². The summed E-state index contributed by atoms with van der Waals surface area (Å²) >= 11 is 0. The van der Waals surface area contributed by atoms with Gasteiger partial charge < -0.3 is 49.5 Å². The van der Waals surface area contributed by atoms with Gasteiger partial charge in [-0.3, -0.25) is 9.05 Å². The van der Waals surface area contributed by atoms with Gasteiger partial charge in [-0.05, 0) is 0 Å². The lowest BCUT2D eigenvalue weighted by atomic mass is 9.93. The second-order valence-electron chi connectivity index (χ2n) is 6.95. The van der Waals surface area contributed by atoms with Crippen LogP contribution in [0.2, 0.25) is 0 Å². The average Bonchev–Trinajstić information content (AvgIpc) is 3.06.